The third kappa shape index (κ3) is 3.88. The van der Waals surface area contributed by atoms with Crippen LogP contribution in [0.5, 0.6) is 0 Å². The molecule has 0 spiro atoms. The molecule has 0 N–H and O–H groups in total. The highest BCUT2D eigenvalue weighted by molar-refractivity contribution is 5.72. The first-order chi connectivity index (χ1) is 9.66. The molecule has 0 aliphatic carbocycles. The largest absolute Gasteiger partial charge is 0.465 e. The van der Waals surface area contributed by atoms with Crippen LogP contribution >= 0.6 is 0 Å². The van der Waals surface area contributed by atoms with Gasteiger partial charge in [-0.1, -0.05) is 42.5 Å². The number of hydrogen-bond acceptors (Lipinski definition) is 2. The molecule has 0 amide bonds. The fraction of sp³-hybridized carbons (Fsp3) is 0.188. The van der Waals surface area contributed by atoms with Gasteiger partial charge in [-0.05, 0) is 11.6 Å². The van der Waals surface area contributed by atoms with Gasteiger partial charge in [0.15, 0.2) is 11.6 Å². The van der Waals surface area contributed by atoms with Gasteiger partial charge in [0.05, 0.1) is 13.0 Å². The molecule has 0 aliphatic rings. The van der Waals surface area contributed by atoms with E-state index in [2.05, 4.69) is 0 Å². The van der Waals surface area contributed by atoms with Crippen LogP contribution in [0, 0.1) is 11.6 Å². The van der Waals surface area contributed by atoms with E-state index in [4.69, 9.17) is 4.74 Å². The number of halogens is 2. The molecular weight excluding hydrogens is 262 g/mol. The van der Waals surface area contributed by atoms with Crippen molar-refractivity contribution in [1.82, 2.24) is 0 Å². The van der Waals surface area contributed by atoms with Crippen LogP contribution in [-0.4, -0.2) is 12.6 Å². The molecule has 0 aliphatic heterocycles. The minimum atomic E-state index is -0.993. The van der Waals surface area contributed by atoms with Gasteiger partial charge < -0.3 is 4.74 Å². The van der Waals surface area contributed by atoms with E-state index in [0.717, 1.165) is 11.6 Å². The van der Waals surface area contributed by atoms with Gasteiger partial charge in [-0.15, -0.1) is 0 Å². The van der Waals surface area contributed by atoms with E-state index in [-0.39, 0.29) is 18.6 Å². The summed E-state index contributed by atoms with van der Waals surface area (Å²) in [6, 6.07) is 13.3. The highest BCUT2D eigenvalue weighted by Gasteiger charge is 2.12. The summed E-state index contributed by atoms with van der Waals surface area (Å²) in [5, 5.41) is 0. The lowest BCUT2D eigenvalue weighted by molar-refractivity contribution is -0.142. The molecule has 0 radical (unpaired) electrons. The van der Waals surface area contributed by atoms with Crippen LogP contribution in [0.15, 0.2) is 48.5 Å². The molecule has 2 aromatic carbocycles. The molecule has 0 saturated carbocycles. The number of carbonyl (C=O) groups excluding carboxylic acids is 1. The zero-order chi connectivity index (χ0) is 14.4. The second-order valence-electron chi connectivity index (χ2n) is 4.35. The fourth-order valence-corrected chi connectivity index (χ4v) is 1.82. The van der Waals surface area contributed by atoms with E-state index in [9.17, 15) is 13.6 Å². The van der Waals surface area contributed by atoms with Crippen molar-refractivity contribution in [1.29, 1.82) is 0 Å². The van der Waals surface area contributed by atoms with Crippen molar-refractivity contribution in [3.8, 4) is 0 Å². The summed E-state index contributed by atoms with van der Waals surface area (Å²) in [6.45, 7) is 0.222. The van der Waals surface area contributed by atoms with E-state index in [1.807, 2.05) is 30.3 Å². The van der Waals surface area contributed by atoms with E-state index >= 15 is 0 Å². The highest BCUT2D eigenvalue weighted by Crippen LogP contribution is 2.12. The van der Waals surface area contributed by atoms with Gasteiger partial charge in [-0.3, -0.25) is 4.79 Å². The Balaban J connectivity index is 1.82. The molecule has 0 saturated heterocycles. The Labute approximate surface area is 116 Å². The van der Waals surface area contributed by atoms with Crippen molar-refractivity contribution in [3.05, 3.63) is 71.3 Å². The molecule has 2 rings (SSSR count). The van der Waals surface area contributed by atoms with Crippen molar-refractivity contribution in [2.24, 2.45) is 0 Å². The van der Waals surface area contributed by atoms with E-state index in [1.165, 1.54) is 12.1 Å². The predicted molar refractivity (Wildman–Crippen MR) is 71.2 cm³/mol. The van der Waals surface area contributed by atoms with E-state index < -0.39 is 17.6 Å². The highest BCUT2D eigenvalue weighted by atomic mass is 19.2. The van der Waals surface area contributed by atoms with E-state index in [1.54, 1.807) is 0 Å². The third-order valence-corrected chi connectivity index (χ3v) is 2.86. The number of rotatable bonds is 5. The second kappa shape index (κ2) is 6.80. The summed E-state index contributed by atoms with van der Waals surface area (Å²) < 4.78 is 31.4. The zero-order valence-electron chi connectivity index (χ0n) is 10.8. The van der Waals surface area contributed by atoms with Gasteiger partial charge in [0, 0.05) is 12.0 Å². The van der Waals surface area contributed by atoms with Crippen molar-refractivity contribution < 1.29 is 18.3 Å². The fourth-order valence-electron chi connectivity index (χ4n) is 1.82. The van der Waals surface area contributed by atoms with Crippen molar-refractivity contribution >= 4 is 5.97 Å². The van der Waals surface area contributed by atoms with Gasteiger partial charge in [-0.2, -0.15) is 0 Å². The summed E-state index contributed by atoms with van der Waals surface area (Å²) in [5.74, 6) is -2.52. The summed E-state index contributed by atoms with van der Waals surface area (Å²) in [6.07, 6.45) is 0.330. The number of carbonyl (C=O) groups is 1. The molecule has 0 unspecified atom stereocenters. The zero-order valence-corrected chi connectivity index (χ0v) is 10.8. The minimum absolute atomic E-state index is 0.00899. The Hall–Kier alpha value is -2.23. The summed E-state index contributed by atoms with van der Waals surface area (Å²) in [5.41, 5.74) is 1.06. The molecule has 0 aromatic heterocycles. The maximum atomic E-state index is 13.4. The first kappa shape index (κ1) is 14.2. The van der Waals surface area contributed by atoms with Gasteiger partial charge in [0.25, 0.3) is 0 Å². The van der Waals surface area contributed by atoms with Crippen LogP contribution in [0.1, 0.15) is 11.1 Å². The standard InChI is InChI=1S/C16H14F2O2/c17-14-8-4-7-13(16(14)18)11-15(19)20-10-9-12-5-2-1-3-6-12/h1-8H,9-11H2. The molecule has 2 aromatic rings. The van der Waals surface area contributed by atoms with Crippen LogP contribution in [-0.2, 0) is 22.4 Å². The molecule has 0 fully saturated rings. The Morgan fingerprint density at radius 3 is 2.50 bits per heavy atom. The first-order valence-electron chi connectivity index (χ1n) is 6.29. The molecule has 0 bridgehead atoms. The maximum Gasteiger partial charge on any atom is 0.310 e. The van der Waals surface area contributed by atoms with Crippen LogP contribution in [0.2, 0.25) is 0 Å². The molecule has 20 heavy (non-hydrogen) atoms. The van der Waals surface area contributed by atoms with Gasteiger partial charge in [0.1, 0.15) is 0 Å². The molecular formula is C16H14F2O2. The molecule has 0 heterocycles. The predicted octanol–water partition coefficient (Wildman–Crippen LogP) is 3.29. The number of benzene rings is 2. The minimum Gasteiger partial charge on any atom is -0.465 e. The summed E-state index contributed by atoms with van der Waals surface area (Å²) in [7, 11) is 0. The Bertz CT molecular complexity index is 582. The average Bonchev–Trinajstić information content (AvgIpc) is 2.45. The smallest absolute Gasteiger partial charge is 0.310 e. The Morgan fingerprint density at radius 2 is 1.75 bits per heavy atom. The van der Waals surface area contributed by atoms with Crippen LogP contribution in [0.3, 0.4) is 0 Å². The van der Waals surface area contributed by atoms with Crippen LogP contribution in [0.4, 0.5) is 8.78 Å². The normalized spacial score (nSPS) is 10.3. The lowest BCUT2D eigenvalue weighted by atomic mass is 10.1. The third-order valence-electron chi connectivity index (χ3n) is 2.86. The topological polar surface area (TPSA) is 26.3 Å². The second-order valence-corrected chi connectivity index (χ2v) is 4.35. The number of esters is 1. The van der Waals surface area contributed by atoms with Gasteiger partial charge in [0.2, 0.25) is 0 Å². The van der Waals surface area contributed by atoms with Crippen molar-refractivity contribution in [2.75, 3.05) is 6.61 Å². The van der Waals surface area contributed by atoms with Crippen molar-refractivity contribution in [3.63, 3.8) is 0 Å². The van der Waals surface area contributed by atoms with Gasteiger partial charge in [-0.25, -0.2) is 8.78 Å². The molecule has 104 valence electrons. The summed E-state index contributed by atoms with van der Waals surface area (Å²) in [4.78, 5) is 11.6. The molecule has 0 atom stereocenters. The lowest BCUT2D eigenvalue weighted by Crippen LogP contribution is -2.11. The first-order valence-corrected chi connectivity index (χ1v) is 6.29. The number of ether oxygens (including phenoxy) is 1. The Morgan fingerprint density at radius 1 is 1.00 bits per heavy atom. The van der Waals surface area contributed by atoms with Crippen molar-refractivity contribution in [2.45, 2.75) is 12.8 Å². The Kier molecular flexibility index (Phi) is 4.82. The average molecular weight is 276 g/mol. The summed E-state index contributed by atoms with van der Waals surface area (Å²) >= 11 is 0. The monoisotopic (exact) mass is 276 g/mol. The lowest BCUT2D eigenvalue weighted by Gasteiger charge is -2.06. The maximum absolute atomic E-state index is 13.4. The van der Waals surface area contributed by atoms with Crippen LogP contribution < -0.4 is 0 Å². The molecule has 4 heteroatoms. The quantitative estimate of drug-likeness (QED) is 0.783. The van der Waals surface area contributed by atoms with Crippen LogP contribution in [0.25, 0.3) is 0 Å². The molecule has 2 nitrogen and oxygen atoms in total. The number of hydrogen-bond donors (Lipinski definition) is 0. The SMILES string of the molecule is O=C(Cc1cccc(F)c1F)OCCc1ccccc1. The van der Waals surface area contributed by atoms with Gasteiger partial charge >= 0.3 is 5.97 Å². The van der Waals surface area contributed by atoms with E-state index in [0.29, 0.717) is 6.42 Å².